The van der Waals surface area contributed by atoms with Crippen LogP contribution in [0, 0.1) is 0 Å². The Labute approximate surface area is 173 Å². The van der Waals surface area contributed by atoms with Crippen LogP contribution >= 0.6 is 11.6 Å². The average Bonchev–Trinajstić information content (AvgIpc) is 3.14. The third kappa shape index (κ3) is 4.38. The minimum absolute atomic E-state index is 0.172. The van der Waals surface area contributed by atoms with E-state index in [1.54, 1.807) is 30.0 Å². The fourth-order valence-electron chi connectivity index (χ4n) is 3.11. The van der Waals surface area contributed by atoms with E-state index in [9.17, 15) is 4.79 Å². The first-order valence-corrected chi connectivity index (χ1v) is 9.49. The minimum atomic E-state index is -0.172. The van der Waals surface area contributed by atoms with E-state index in [2.05, 4.69) is 15.6 Å². The Morgan fingerprint density at radius 3 is 2.72 bits per heavy atom. The summed E-state index contributed by atoms with van der Waals surface area (Å²) in [5.41, 5.74) is 4.06. The molecule has 0 fully saturated rings. The van der Waals surface area contributed by atoms with E-state index in [4.69, 9.17) is 16.3 Å². The fraction of sp³-hybridized carbons (Fsp3) is 0.136. The topological polar surface area (TPSA) is 69.0 Å². The summed E-state index contributed by atoms with van der Waals surface area (Å²) >= 11 is 5.98. The number of hydrogen-bond donors (Lipinski definition) is 1. The highest BCUT2D eigenvalue weighted by atomic mass is 35.5. The maximum atomic E-state index is 12.5. The molecule has 0 aliphatic carbocycles. The zero-order valence-electron chi connectivity index (χ0n) is 15.8. The summed E-state index contributed by atoms with van der Waals surface area (Å²) in [5, 5.41) is 12.0. The number of ether oxygens (including phenoxy) is 1. The highest BCUT2D eigenvalue weighted by Gasteiger charge is 2.11. The third-order valence-electron chi connectivity index (χ3n) is 4.58. The molecular weight excluding hydrogens is 388 g/mol. The fourth-order valence-corrected chi connectivity index (χ4v) is 3.32. The van der Waals surface area contributed by atoms with Gasteiger partial charge in [-0.2, -0.15) is 0 Å². The van der Waals surface area contributed by atoms with Gasteiger partial charge in [-0.15, -0.1) is 5.10 Å². The van der Waals surface area contributed by atoms with Crippen LogP contribution in [0.5, 0.6) is 5.75 Å². The van der Waals surface area contributed by atoms with Crippen molar-refractivity contribution in [3.63, 3.8) is 0 Å². The molecule has 3 aromatic carbocycles. The lowest BCUT2D eigenvalue weighted by molar-refractivity contribution is 0.0951. The van der Waals surface area contributed by atoms with Crippen molar-refractivity contribution < 1.29 is 9.53 Å². The second-order valence-corrected chi connectivity index (χ2v) is 7.05. The summed E-state index contributed by atoms with van der Waals surface area (Å²) in [5.74, 6) is 0.625. The molecule has 4 rings (SSSR count). The second-order valence-electron chi connectivity index (χ2n) is 6.61. The number of amides is 1. The predicted octanol–water partition coefficient (Wildman–Crippen LogP) is 4.07. The summed E-state index contributed by atoms with van der Waals surface area (Å²) in [6, 6.07) is 20.6. The summed E-state index contributed by atoms with van der Waals surface area (Å²) in [6.07, 6.45) is 0. The van der Waals surface area contributed by atoms with E-state index < -0.39 is 0 Å². The monoisotopic (exact) mass is 406 g/mol. The van der Waals surface area contributed by atoms with Gasteiger partial charge >= 0.3 is 0 Å². The number of aromatic nitrogens is 3. The molecule has 7 heteroatoms. The van der Waals surface area contributed by atoms with Crippen LogP contribution in [0.2, 0.25) is 5.02 Å². The molecule has 1 heterocycles. The van der Waals surface area contributed by atoms with Crippen LogP contribution in [0.25, 0.3) is 11.0 Å². The lowest BCUT2D eigenvalue weighted by atomic mass is 10.1. The van der Waals surface area contributed by atoms with Crippen LogP contribution in [-0.2, 0) is 13.1 Å². The lowest BCUT2D eigenvalue weighted by Crippen LogP contribution is -2.22. The van der Waals surface area contributed by atoms with Crippen LogP contribution in [0.1, 0.15) is 21.5 Å². The van der Waals surface area contributed by atoms with Gasteiger partial charge in [0.15, 0.2) is 0 Å². The summed E-state index contributed by atoms with van der Waals surface area (Å²) in [6.45, 7) is 0.966. The molecule has 1 N–H and O–H groups in total. The Morgan fingerprint density at radius 1 is 1.07 bits per heavy atom. The van der Waals surface area contributed by atoms with Crippen LogP contribution < -0.4 is 10.1 Å². The van der Waals surface area contributed by atoms with Gasteiger partial charge in [-0.05, 0) is 53.6 Å². The van der Waals surface area contributed by atoms with Gasteiger partial charge in [0.25, 0.3) is 5.91 Å². The van der Waals surface area contributed by atoms with Gasteiger partial charge in [0.2, 0.25) is 0 Å². The van der Waals surface area contributed by atoms with Crippen molar-refractivity contribution in [3.05, 3.63) is 88.4 Å². The number of methoxy groups -OCH3 is 1. The minimum Gasteiger partial charge on any atom is -0.497 e. The van der Waals surface area contributed by atoms with E-state index in [-0.39, 0.29) is 5.91 Å². The van der Waals surface area contributed by atoms with Crippen LogP contribution in [-0.4, -0.2) is 28.0 Å². The molecule has 1 amide bonds. The van der Waals surface area contributed by atoms with Gasteiger partial charge in [0.05, 0.1) is 19.2 Å². The molecule has 0 spiro atoms. The average molecular weight is 407 g/mol. The van der Waals surface area contributed by atoms with Gasteiger partial charge in [0, 0.05) is 17.1 Å². The molecule has 0 aliphatic rings. The van der Waals surface area contributed by atoms with Gasteiger partial charge in [-0.1, -0.05) is 41.1 Å². The number of carbonyl (C=O) groups excluding carboxylic acids is 1. The molecule has 0 aliphatic heterocycles. The normalized spacial score (nSPS) is 10.8. The summed E-state index contributed by atoms with van der Waals surface area (Å²) in [4.78, 5) is 12.5. The highest BCUT2D eigenvalue weighted by molar-refractivity contribution is 6.30. The standard InChI is InChI=1S/C22H19ClN4O2/c1-29-19-7-3-5-16(11-19)14-27-21-9-8-17(12-20(21)25-26-27)22(28)24-13-15-4-2-6-18(23)10-15/h2-12H,13-14H2,1H3,(H,24,28). The number of rotatable bonds is 6. The van der Waals surface area contributed by atoms with E-state index >= 15 is 0 Å². The number of halogens is 1. The number of nitrogens with one attached hydrogen (secondary N) is 1. The molecule has 0 atom stereocenters. The zero-order chi connectivity index (χ0) is 20.2. The van der Waals surface area contributed by atoms with Gasteiger partial charge in [-0.25, -0.2) is 4.68 Å². The largest absolute Gasteiger partial charge is 0.497 e. The van der Waals surface area contributed by atoms with Gasteiger partial charge < -0.3 is 10.1 Å². The van der Waals surface area contributed by atoms with Crippen LogP contribution in [0.4, 0.5) is 0 Å². The lowest BCUT2D eigenvalue weighted by Gasteiger charge is -2.07. The van der Waals surface area contributed by atoms with Crippen molar-refractivity contribution in [2.45, 2.75) is 13.1 Å². The van der Waals surface area contributed by atoms with Crippen molar-refractivity contribution in [1.29, 1.82) is 0 Å². The molecule has 0 saturated carbocycles. The first-order chi connectivity index (χ1) is 14.1. The number of carbonyl (C=O) groups is 1. The third-order valence-corrected chi connectivity index (χ3v) is 4.82. The van der Waals surface area contributed by atoms with E-state index in [0.717, 1.165) is 22.4 Å². The molecule has 0 unspecified atom stereocenters. The smallest absolute Gasteiger partial charge is 0.251 e. The molecule has 4 aromatic rings. The number of hydrogen-bond acceptors (Lipinski definition) is 4. The molecule has 0 bridgehead atoms. The van der Waals surface area contributed by atoms with Crippen molar-refractivity contribution in [2.24, 2.45) is 0 Å². The molecule has 0 radical (unpaired) electrons. The van der Waals surface area contributed by atoms with Crippen molar-refractivity contribution >= 4 is 28.5 Å². The molecule has 1 aromatic heterocycles. The SMILES string of the molecule is COc1cccc(Cn2nnc3cc(C(=O)NCc4cccc(Cl)c4)ccc32)c1. The number of nitrogens with zero attached hydrogens (tertiary/aromatic N) is 3. The zero-order valence-corrected chi connectivity index (χ0v) is 16.6. The number of benzene rings is 3. The van der Waals surface area contributed by atoms with Gasteiger partial charge in [-0.3, -0.25) is 4.79 Å². The Hall–Kier alpha value is -3.38. The number of fused-ring (bicyclic) bond motifs is 1. The summed E-state index contributed by atoms with van der Waals surface area (Å²) < 4.78 is 7.07. The Balaban J connectivity index is 1.49. The highest BCUT2D eigenvalue weighted by Crippen LogP contribution is 2.18. The Morgan fingerprint density at radius 2 is 1.90 bits per heavy atom. The maximum absolute atomic E-state index is 12.5. The second kappa shape index (κ2) is 8.32. The first-order valence-electron chi connectivity index (χ1n) is 9.11. The summed E-state index contributed by atoms with van der Waals surface area (Å²) in [7, 11) is 1.64. The molecule has 146 valence electrons. The maximum Gasteiger partial charge on any atom is 0.251 e. The van der Waals surface area contributed by atoms with Crippen LogP contribution in [0.3, 0.4) is 0 Å². The van der Waals surface area contributed by atoms with E-state index in [1.165, 1.54) is 0 Å². The van der Waals surface area contributed by atoms with E-state index in [0.29, 0.717) is 29.2 Å². The van der Waals surface area contributed by atoms with Gasteiger partial charge in [0.1, 0.15) is 11.3 Å². The van der Waals surface area contributed by atoms with E-state index in [1.807, 2.05) is 48.5 Å². The van der Waals surface area contributed by atoms with Crippen molar-refractivity contribution in [3.8, 4) is 5.75 Å². The molecule has 6 nitrogen and oxygen atoms in total. The molecule has 0 saturated heterocycles. The quantitative estimate of drug-likeness (QED) is 0.524. The van der Waals surface area contributed by atoms with Crippen molar-refractivity contribution in [1.82, 2.24) is 20.3 Å². The molecule has 29 heavy (non-hydrogen) atoms. The Bertz CT molecular complexity index is 1170. The molecular formula is C22H19ClN4O2. The first kappa shape index (κ1) is 19.0. The van der Waals surface area contributed by atoms with Crippen molar-refractivity contribution in [2.75, 3.05) is 7.11 Å². The van der Waals surface area contributed by atoms with Crippen LogP contribution in [0.15, 0.2) is 66.7 Å². The Kier molecular flexibility index (Phi) is 5.44. The predicted molar refractivity (Wildman–Crippen MR) is 112 cm³/mol.